The molecule has 0 amide bonds. The SMILES string of the molecule is CCCN(CCC)c1c([N+](=O)[O-])cc([N+](=O)[O-])cc1C(C)(C)C. The van der Waals surface area contributed by atoms with Gasteiger partial charge in [0, 0.05) is 19.2 Å². The van der Waals surface area contributed by atoms with E-state index in [0.717, 1.165) is 18.9 Å². The minimum Gasteiger partial charge on any atom is -0.366 e. The Morgan fingerprint density at radius 1 is 1.00 bits per heavy atom. The first kappa shape index (κ1) is 18.9. The number of rotatable bonds is 7. The van der Waals surface area contributed by atoms with Crippen LogP contribution in [0.3, 0.4) is 0 Å². The maximum absolute atomic E-state index is 11.5. The van der Waals surface area contributed by atoms with Crippen molar-refractivity contribution >= 4 is 17.1 Å². The molecular formula is C16H25N3O4. The van der Waals surface area contributed by atoms with Crippen molar-refractivity contribution in [1.29, 1.82) is 0 Å². The van der Waals surface area contributed by atoms with Gasteiger partial charge in [0.15, 0.2) is 0 Å². The van der Waals surface area contributed by atoms with Gasteiger partial charge >= 0.3 is 0 Å². The van der Waals surface area contributed by atoms with Crippen molar-refractivity contribution < 1.29 is 9.85 Å². The molecule has 1 rings (SSSR count). The van der Waals surface area contributed by atoms with Crippen LogP contribution in [0.2, 0.25) is 0 Å². The molecule has 0 fully saturated rings. The van der Waals surface area contributed by atoms with E-state index in [-0.39, 0.29) is 11.4 Å². The van der Waals surface area contributed by atoms with Crippen molar-refractivity contribution in [3.8, 4) is 0 Å². The lowest BCUT2D eigenvalue weighted by molar-refractivity contribution is -0.393. The summed E-state index contributed by atoms with van der Waals surface area (Å²) in [5.41, 5.74) is 0.285. The highest BCUT2D eigenvalue weighted by molar-refractivity contribution is 5.73. The highest BCUT2D eigenvalue weighted by Gasteiger charge is 2.32. The Labute approximate surface area is 136 Å². The van der Waals surface area contributed by atoms with E-state index in [1.54, 1.807) is 0 Å². The number of nitro benzene ring substituents is 2. The summed E-state index contributed by atoms with van der Waals surface area (Å²) >= 11 is 0. The van der Waals surface area contributed by atoms with Crippen molar-refractivity contribution in [2.45, 2.75) is 52.9 Å². The Morgan fingerprint density at radius 2 is 1.52 bits per heavy atom. The Kier molecular flexibility index (Phi) is 6.06. The second kappa shape index (κ2) is 7.39. The lowest BCUT2D eigenvalue weighted by Gasteiger charge is -2.30. The normalized spacial score (nSPS) is 11.3. The number of non-ortho nitro benzene ring substituents is 1. The van der Waals surface area contributed by atoms with Gasteiger partial charge in [0.25, 0.3) is 11.4 Å². The van der Waals surface area contributed by atoms with Gasteiger partial charge in [0.2, 0.25) is 0 Å². The second-order valence-electron chi connectivity index (χ2n) is 6.61. The van der Waals surface area contributed by atoms with E-state index in [1.165, 1.54) is 6.07 Å². The Morgan fingerprint density at radius 3 is 1.87 bits per heavy atom. The first-order chi connectivity index (χ1) is 10.6. The van der Waals surface area contributed by atoms with Crippen LogP contribution in [0.5, 0.6) is 0 Å². The van der Waals surface area contributed by atoms with E-state index >= 15 is 0 Å². The molecule has 7 heteroatoms. The molecule has 0 unspecified atom stereocenters. The third kappa shape index (κ3) is 4.40. The molecule has 0 heterocycles. The smallest absolute Gasteiger partial charge is 0.299 e. The second-order valence-corrected chi connectivity index (χ2v) is 6.61. The predicted molar refractivity (Wildman–Crippen MR) is 91.2 cm³/mol. The van der Waals surface area contributed by atoms with E-state index in [2.05, 4.69) is 0 Å². The summed E-state index contributed by atoms with van der Waals surface area (Å²) in [5.74, 6) is 0. The fourth-order valence-electron chi connectivity index (χ4n) is 2.63. The fraction of sp³-hybridized carbons (Fsp3) is 0.625. The molecule has 7 nitrogen and oxygen atoms in total. The summed E-state index contributed by atoms with van der Waals surface area (Å²) in [5, 5.41) is 22.7. The van der Waals surface area contributed by atoms with Gasteiger partial charge in [-0.3, -0.25) is 20.2 Å². The van der Waals surface area contributed by atoms with E-state index in [1.807, 2.05) is 39.5 Å². The van der Waals surface area contributed by atoms with Crippen molar-refractivity contribution in [2.24, 2.45) is 0 Å². The summed E-state index contributed by atoms with van der Waals surface area (Å²) in [6.07, 6.45) is 1.69. The van der Waals surface area contributed by atoms with Crippen LogP contribution in [0.25, 0.3) is 0 Å². The summed E-state index contributed by atoms with van der Waals surface area (Å²) in [6.45, 7) is 11.1. The molecule has 1 aromatic rings. The van der Waals surface area contributed by atoms with Gasteiger partial charge in [0.05, 0.1) is 15.9 Å². The first-order valence-corrected chi connectivity index (χ1v) is 7.85. The summed E-state index contributed by atoms with van der Waals surface area (Å²) in [7, 11) is 0. The largest absolute Gasteiger partial charge is 0.366 e. The number of anilines is 1. The molecule has 0 aliphatic heterocycles. The van der Waals surface area contributed by atoms with Gasteiger partial charge in [-0.05, 0) is 23.8 Å². The van der Waals surface area contributed by atoms with Crippen LogP contribution in [0.4, 0.5) is 17.1 Å². The minimum atomic E-state index is -0.573. The Balaban J connectivity index is 3.74. The average molecular weight is 323 g/mol. The van der Waals surface area contributed by atoms with Crippen LogP contribution in [0.15, 0.2) is 12.1 Å². The molecule has 0 aliphatic carbocycles. The maximum atomic E-state index is 11.5. The number of hydrogen-bond donors (Lipinski definition) is 0. The van der Waals surface area contributed by atoms with Gasteiger partial charge in [-0.25, -0.2) is 0 Å². The van der Waals surface area contributed by atoms with Crippen molar-refractivity contribution in [2.75, 3.05) is 18.0 Å². The van der Waals surface area contributed by atoms with Gasteiger partial charge in [-0.15, -0.1) is 0 Å². The first-order valence-electron chi connectivity index (χ1n) is 7.85. The topological polar surface area (TPSA) is 89.5 Å². The molecule has 0 N–H and O–H groups in total. The van der Waals surface area contributed by atoms with E-state index in [4.69, 9.17) is 0 Å². The summed E-state index contributed by atoms with van der Waals surface area (Å²) in [4.78, 5) is 23.6. The van der Waals surface area contributed by atoms with Crippen LogP contribution in [-0.2, 0) is 5.41 Å². The standard InChI is InChI=1S/C16H25N3O4/c1-6-8-17(9-7-2)15-13(16(3,4)5)10-12(18(20)21)11-14(15)19(22)23/h10-11H,6-9H2,1-5H3. The molecule has 0 atom stereocenters. The molecule has 23 heavy (non-hydrogen) atoms. The average Bonchev–Trinajstić information content (AvgIpc) is 2.44. The van der Waals surface area contributed by atoms with Crippen LogP contribution < -0.4 is 4.90 Å². The van der Waals surface area contributed by atoms with Gasteiger partial charge < -0.3 is 4.90 Å². The van der Waals surface area contributed by atoms with Crippen LogP contribution in [0.1, 0.15) is 53.0 Å². The zero-order valence-corrected chi connectivity index (χ0v) is 14.5. The highest BCUT2D eigenvalue weighted by atomic mass is 16.6. The van der Waals surface area contributed by atoms with Gasteiger partial charge in [0.1, 0.15) is 5.69 Å². The summed E-state index contributed by atoms with van der Waals surface area (Å²) < 4.78 is 0. The van der Waals surface area contributed by atoms with Crippen LogP contribution >= 0.6 is 0 Å². The zero-order valence-electron chi connectivity index (χ0n) is 14.5. The monoisotopic (exact) mass is 323 g/mol. The van der Waals surface area contributed by atoms with E-state index < -0.39 is 15.3 Å². The lowest BCUT2D eigenvalue weighted by atomic mass is 9.84. The van der Waals surface area contributed by atoms with Crippen molar-refractivity contribution in [3.05, 3.63) is 37.9 Å². The number of hydrogen-bond acceptors (Lipinski definition) is 5. The number of benzene rings is 1. The number of nitrogens with zero attached hydrogens (tertiary/aromatic N) is 3. The fourth-order valence-corrected chi connectivity index (χ4v) is 2.63. The molecule has 0 spiro atoms. The molecule has 128 valence electrons. The molecular weight excluding hydrogens is 298 g/mol. The molecule has 0 aromatic heterocycles. The van der Waals surface area contributed by atoms with E-state index in [0.29, 0.717) is 24.3 Å². The number of nitro groups is 2. The highest BCUT2D eigenvalue weighted by Crippen LogP contribution is 2.42. The lowest BCUT2D eigenvalue weighted by Crippen LogP contribution is -2.29. The predicted octanol–water partition coefficient (Wildman–Crippen LogP) is 4.43. The molecule has 0 radical (unpaired) electrons. The minimum absolute atomic E-state index is 0.189. The molecule has 1 aromatic carbocycles. The maximum Gasteiger partial charge on any atom is 0.299 e. The molecule has 0 aliphatic rings. The Bertz CT molecular complexity index is 588. The molecule has 0 saturated carbocycles. The summed E-state index contributed by atoms with van der Waals surface area (Å²) in [6, 6.07) is 2.55. The Hall–Kier alpha value is -2.18. The third-order valence-electron chi connectivity index (χ3n) is 3.59. The van der Waals surface area contributed by atoms with E-state index in [9.17, 15) is 20.2 Å². The van der Waals surface area contributed by atoms with Gasteiger partial charge in [-0.2, -0.15) is 0 Å². The van der Waals surface area contributed by atoms with Crippen LogP contribution in [-0.4, -0.2) is 22.9 Å². The van der Waals surface area contributed by atoms with Gasteiger partial charge in [-0.1, -0.05) is 34.6 Å². The molecule has 0 saturated heterocycles. The van der Waals surface area contributed by atoms with Crippen molar-refractivity contribution in [3.63, 3.8) is 0 Å². The zero-order chi connectivity index (χ0) is 17.8. The molecule has 0 bridgehead atoms. The third-order valence-corrected chi connectivity index (χ3v) is 3.59. The van der Waals surface area contributed by atoms with Crippen molar-refractivity contribution in [1.82, 2.24) is 0 Å². The van der Waals surface area contributed by atoms with Crippen LogP contribution in [0, 0.1) is 20.2 Å². The quantitative estimate of drug-likeness (QED) is 0.547.